The maximum Gasteiger partial charge on any atom is 0.262 e. The molecule has 0 saturated heterocycles. The highest BCUT2D eigenvalue weighted by atomic mass is 35.5. The van der Waals surface area contributed by atoms with E-state index in [0.29, 0.717) is 28.5 Å². The fraction of sp³-hybridized carbons (Fsp3) is 0.158. The van der Waals surface area contributed by atoms with E-state index in [1.165, 1.54) is 0 Å². The van der Waals surface area contributed by atoms with E-state index in [-0.39, 0.29) is 4.90 Å². The zero-order chi connectivity index (χ0) is 18.0. The van der Waals surface area contributed by atoms with Crippen LogP contribution in [0.15, 0.2) is 59.5 Å². The van der Waals surface area contributed by atoms with Gasteiger partial charge in [-0.05, 0) is 43.7 Å². The van der Waals surface area contributed by atoms with Crippen LogP contribution >= 0.6 is 11.6 Å². The summed E-state index contributed by atoms with van der Waals surface area (Å²) < 4.78 is 34.1. The first kappa shape index (κ1) is 17.6. The lowest BCUT2D eigenvalue weighted by Crippen LogP contribution is -2.14. The summed E-state index contributed by atoms with van der Waals surface area (Å²) in [7, 11) is -3.78. The van der Waals surface area contributed by atoms with Crippen LogP contribution < -0.4 is 9.46 Å². The molecule has 0 bridgehead atoms. The lowest BCUT2D eigenvalue weighted by Gasteiger charge is -2.14. The predicted molar refractivity (Wildman–Crippen MR) is 102 cm³/mol. The summed E-state index contributed by atoms with van der Waals surface area (Å²) in [5.74, 6) is 0.663. The van der Waals surface area contributed by atoms with E-state index in [1.54, 1.807) is 36.4 Å². The van der Waals surface area contributed by atoms with Gasteiger partial charge in [0.05, 0.1) is 17.2 Å². The van der Waals surface area contributed by atoms with Crippen molar-refractivity contribution < 1.29 is 13.2 Å². The second kappa shape index (κ2) is 6.94. The van der Waals surface area contributed by atoms with Crippen LogP contribution in [-0.2, 0) is 10.0 Å². The van der Waals surface area contributed by atoms with Gasteiger partial charge in [0, 0.05) is 15.8 Å². The van der Waals surface area contributed by atoms with Crippen molar-refractivity contribution >= 4 is 38.1 Å². The third-order valence-corrected chi connectivity index (χ3v) is 5.54. The predicted octanol–water partition coefficient (Wildman–Crippen LogP) is 5.00. The van der Waals surface area contributed by atoms with E-state index in [4.69, 9.17) is 16.3 Å². The Kier molecular flexibility index (Phi) is 4.88. The molecule has 0 aliphatic heterocycles. The van der Waals surface area contributed by atoms with Crippen molar-refractivity contribution in [2.75, 3.05) is 11.3 Å². The number of ether oxygens (including phenoxy) is 1. The lowest BCUT2D eigenvalue weighted by atomic mass is 10.1. The molecule has 3 aromatic rings. The maximum absolute atomic E-state index is 13.0. The maximum atomic E-state index is 13.0. The van der Waals surface area contributed by atoms with Crippen molar-refractivity contribution in [2.24, 2.45) is 0 Å². The van der Waals surface area contributed by atoms with Gasteiger partial charge >= 0.3 is 0 Å². The van der Waals surface area contributed by atoms with Gasteiger partial charge in [0.2, 0.25) is 0 Å². The number of benzene rings is 3. The molecule has 0 radical (unpaired) electrons. The standard InChI is InChI=1S/C19H18ClNO3S/c1-3-24-18-10-11-19(16-7-5-4-6-15(16)18)25(22,23)21-17-12-14(20)9-8-13(17)2/h4-12,21H,3H2,1-2H3. The second-order valence-electron chi connectivity index (χ2n) is 5.61. The first-order valence-corrected chi connectivity index (χ1v) is 9.72. The van der Waals surface area contributed by atoms with Crippen molar-refractivity contribution in [2.45, 2.75) is 18.7 Å². The molecule has 0 amide bonds. The number of hydrogen-bond donors (Lipinski definition) is 1. The minimum Gasteiger partial charge on any atom is -0.493 e. The first-order valence-electron chi connectivity index (χ1n) is 7.86. The molecule has 0 atom stereocenters. The van der Waals surface area contributed by atoms with Crippen LogP contribution in [0.4, 0.5) is 5.69 Å². The zero-order valence-electron chi connectivity index (χ0n) is 13.9. The van der Waals surface area contributed by atoms with Crippen molar-refractivity contribution in [3.63, 3.8) is 0 Å². The zero-order valence-corrected chi connectivity index (χ0v) is 15.5. The summed E-state index contributed by atoms with van der Waals surface area (Å²) in [6.45, 7) is 4.23. The van der Waals surface area contributed by atoms with E-state index in [9.17, 15) is 8.42 Å². The van der Waals surface area contributed by atoms with Crippen LogP contribution in [0.3, 0.4) is 0 Å². The van der Waals surface area contributed by atoms with Crippen LogP contribution in [0.2, 0.25) is 5.02 Å². The molecule has 0 heterocycles. The fourth-order valence-corrected chi connectivity index (χ4v) is 4.17. The smallest absolute Gasteiger partial charge is 0.262 e. The van der Waals surface area contributed by atoms with Crippen molar-refractivity contribution in [3.8, 4) is 5.75 Å². The minimum atomic E-state index is -3.78. The van der Waals surface area contributed by atoms with Crippen LogP contribution in [0.1, 0.15) is 12.5 Å². The Hall–Kier alpha value is -2.24. The molecule has 3 aromatic carbocycles. The lowest BCUT2D eigenvalue weighted by molar-refractivity contribution is 0.344. The van der Waals surface area contributed by atoms with E-state index >= 15 is 0 Å². The molecule has 1 N–H and O–H groups in total. The highest BCUT2D eigenvalue weighted by Gasteiger charge is 2.20. The van der Waals surface area contributed by atoms with Gasteiger partial charge in [-0.25, -0.2) is 8.42 Å². The van der Waals surface area contributed by atoms with E-state index < -0.39 is 10.0 Å². The van der Waals surface area contributed by atoms with Crippen molar-refractivity contribution in [3.05, 3.63) is 65.2 Å². The molecule has 0 fully saturated rings. The van der Waals surface area contributed by atoms with E-state index in [2.05, 4.69) is 4.72 Å². The normalized spacial score (nSPS) is 11.5. The molecular formula is C19H18ClNO3S. The average Bonchev–Trinajstić information content (AvgIpc) is 2.58. The minimum absolute atomic E-state index is 0.200. The molecule has 0 saturated carbocycles. The largest absolute Gasteiger partial charge is 0.493 e. The third-order valence-electron chi connectivity index (χ3n) is 3.88. The van der Waals surface area contributed by atoms with E-state index in [0.717, 1.165) is 10.9 Å². The van der Waals surface area contributed by atoms with Crippen LogP contribution in [-0.4, -0.2) is 15.0 Å². The number of sulfonamides is 1. The summed E-state index contributed by atoms with van der Waals surface area (Å²) in [6.07, 6.45) is 0. The Morgan fingerprint density at radius 1 is 1.04 bits per heavy atom. The van der Waals surface area contributed by atoms with Gasteiger partial charge in [-0.1, -0.05) is 41.9 Å². The highest BCUT2D eigenvalue weighted by Crippen LogP contribution is 2.32. The van der Waals surface area contributed by atoms with Crippen LogP contribution in [0.25, 0.3) is 10.8 Å². The average molecular weight is 376 g/mol. The van der Waals surface area contributed by atoms with Gasteiger partial charge in [0.15, 0.2) is 0 Å². The van der Waals surface area contributed by atoms with Crippen LogP contribution in [0, 0.1) is 6.92 Å². The molecule has 0 unspecified atom stereocenters. The van der Waals surface area contributed by atoms with Crippen molar-refractivity contribution in [1.29, 1.82) is 0 Å². The van der Waals surface area contributed by atoms with Gasteiger partial charge in [-0.3, -0.25) is 4.72 Å². The molecule has 6 heteroatoms. The monoisotopic (exact) mass is 375 g/mol. The number of rotatable bonds is 5. The van der Waals surface area contributed by atoms with Crippen LogP contribution in [0.5, 0.6) is 5.75 Å². The second-order valence-corrected chi connectivity index (χ2v) is 7.69. The first-order chi connectivity index (χ1) is 11.9. The van der Waals surface area contributed by atoms with Gasteiger partial charge in [0.25, 0.3) is 10.0 Å². The number of aryl methyl sites for hydroxylation is 1. The van der Waals surface area contributed by atoms with Gasteiger partial charge < -0.3 is 4.74 Å². The molecule has 0 aromatic heterocycles. The molecule has 3 rings (SSSR count). The third kappa shape index (κ3) is 3.57. The number of halogens is 1. The highest BCUT2D eigenvalue weighted by molar-refractivity contribution is 7.93. The van der Waals surface area contributed by atoms with E-state index in [1.807, 2.05) is 32.0 Å². The number of anilines is 1. The van der Waals surface area contributed by atoms with Crippen molar-refractivity contribution in [1.82, 2.24) is 0 Å². The molecule has 0 aliphatic carbocycles. The Labute approximate surface area is 152 Å². The summed E-state index contributed by atoms with van der Waals surface area (Å²) >= 11 is 5.99. The Morgan fingerprint density at radius 2 is 1.76 bits per heavy atom. The summed E-state index contributed by atoms with van der Waals surface area (Å²) in [4.78, 5) is 0.200. The summed E-state index contributed by atoms with van der Waals surface area (Å²) in [5.41, 5.74) is 1.26. The quantitative estimate of drug-likeness (QED) is 0.682. The fourth-order valence-electron chi connectivity index (χ4n) is 2.66. The summed E-state index contributed by atoms with van der Waals surface area (Å²) in [6, 6.07) is 15.6. The molecule has 0 spiro atoms. The Morgan fingerprint density at radius 3 is 2.48 bits per heavy atom. The molecule has 0 aliphatic rings. The molecule has 4 nitrogen and oxygen atoms in total. The number of hydrogen-bond acceptors (Lipinski definition) is 3. The van der Waals surface area contributed by atoms with Gasteiger partial charge in [0.1, 0.15) is 5.75 Å². The topological polar surface area (TPSA) is 55.4 Å². The Bertz CT molecular complexity index is 1030. The number of nitrogens with one attached hydrogen (secondary N) is 1. The molecular weight excluding hydrogens is 358 g/mol. The summed E-state index contributed by atoms with van der Waals surface area (Å²) in [5, 5.41) is 1.84. The molecule has 25 heavy (non-hydrogen) atoms. The molecule has 130 valence electrons. The van der Waals surface area contributed by atoms with Gasteiger partial charge in [-0.15, -0.1) is 0 Å². The number of fused-ring (bicyclic) bond motifs is 1. The Balaban J connectivity index is 2.12. The SMILES string of the molecule is CCOc1ccc(S(=O)(=O)Nc2cc(Cl)ccc2C)c2ccccc12. The van der Waals surface area contributed by atoms with Gasteiger partial charge in [-0.2, -0.15) is 0 Å².